The molecule has 14 heavy (non-hydrogen) atoms. The van der Waals surface area contributed by atoms with Crippen LogP contribution in [0.3, 0.4) is 0 Å². The zero-order valence-electron chi connectivity index (χ0n) is 9.71. The minimum absolute atomic E-state index is 0.866. The predicted molar refractivity (Wildman–Crippen MR) is 65.2 cm³/mol. The molecule has 0 atom stereocenters. The van der Waals surface area contributed by atoms with E-state index in [9.17, 15) is 0 Å². The van der Waals surface area contributed by atoms with E-state index in [1.165, 1.54) is 18.7 Å². The molecule has 0 heterocycles. The number of nitrogens with zero attached hydrogens (tertiary/aromatic N) is 1. The van der Waals surface area contributed by atoms with Crippen LogP contribution in [-0.2, 0) is 4.74 Å². The second-order valence-corrected chi connectivity index (χ2v) is 4.74. The number of thioether (sulfide) groups is 1. The fraction of sp³-hybridized carbons (Fsp3) is 1.00. The molecule has 0 aromatic heterocycles. The lowest BCUT2D eigenvalue weighted by Crippen LogP contribution is -2.23. The maximum Gasteiger partial charge on any atom is 0.0552 e. The van der Waals surface area contributed by atoms with Gasteiger partial charge in [-0.3, -0.25) is 0 Å². The monoisotopic (exact) mass is 220 g/mol. The lowest BCUT2D eigenvalue weighted by atomic mass is 10.4. The molecular weight excluding hydrogens is 196 g/mol. The van der Waals surface area contributed by atoms with Crippen molar-refractivity contribution in [3.63, 3.8) is 0 Å². The van der Waals surface area contributed by atoms with Crippen LogP contribution in [-0.4, -0.2) is 63.9 Å². The molecule has 0 radical (unpaired) electrons. The Morgan fingerprint density at radius 3 is 2.64 bits per heavy atom. The van der Waals surface area contributed by atoms with E-state index < -0.39 is 0 Å². The predicted octanol–water partition coefficient (Wildman–Crippen LogP) is 0.907. The van der Waals surface area contributed by atoms with E-state index in [-0.39, 0.29) is 0 Å². The van der Waals surface area contributed by atoms with Crippen molar-refractivity contribution >= 4 is 11.8 Å². The molecule has 0 bridgehead atoms. The standard InChI is InChI=1S/C10H24N2OS/c1-12(2)7-4-5-11-6-9-14-10-8-13-3/h11H,4-10H2,1-3H3. The molecular formula is C10H24N2OS. The van der Waals surface area contributed by atoms with Crippen molar-refractivity contribution in [1.29, 1.82) is 0 Å². The van der Waals surface area contributed by atoms with E-state index in [2.05, 4.69) is 24.3 Å². The van der Waals surface area contributed by atoms with Crippen molar-refractivity contribution in [2.75, 3.05) is 59.0 Å². The van der Waals surface area contributed by atoms with Gasteiger partial charge in [0.25, 0.3) is 0 Å². The van der Waals surface area contributed by atoms with E-state index >= 15 is 0 Å². The summed E-state index contributed by atoms with van der Waals surface area (Å²) in [5.74, 6) is 2.29. The van der Waals surface area contributed by atoms with Gasteiger partial charge in [-0.05, 0) is 33.6 Å². The van der Waals surface area contributed by atoms with Gasteiger partial charge in [-0.1, -0.05) is 0 Å². The first-order valence-electron chi connectivity index (χ1n) is 5.19. The van der Waals surface area contributed by atoms with Crippen molar-refractivity contribution in [1.82, 2.24) is 10.2 Å². The van der Waals surface area contributed by atoms with Gasteiger partial charge in [0.1, 0.15) is 0 Å². The van der Waals surface area contributed by atoms with Crippen molar-refractivity contribution in [2.45, 2.75) is 6.42 Å². The van der Waals surface area contributed by atoms with Crippen LogP contribution in [0.4, 0.5) is 0 Å². The normalized spacial score (nSPS) is 11.1. The molecule has 86 valence electrons. The van der Waals surface area contributed by atoms with E-state index in [0.29, 0.717) is 0 Å². The lowest BCUT2D eigenvalue weighted by Gasteiger charge is -2.09. The highest BCUT2D eigenvalue weighted by Crippen LogP contribution is 1.96. The summed E-state index contributed by atoms with van der Waals surface area (Å²) in [6, 6.07) is 0. The summed E-state index contributed by atoms with van der Waals surface area (Å²) in [6.07, 6.45) is 1.23. The summed E-state index contributed by atoms with van der Waals surface area (Å²) < 4.78 is 4.97. The van der Waals surface area contributed by atoms with Gasteiger partial charge in [0.15, 0.2) is 0 Å². The molecule has 0 aliphatic rings. The average Bonchev–Trinajstić information content (AvgIpc) is 2.15. The number of rotatable bonds is 10. The van der Waals surface area contributed by atoms with Crippen LogP contribution in [0.2, 0.25) is 0 Å². The molecule has 0 aliphatic carbocycles. The maximum atomic E-state index is 4.97. The van der Waals surface area contributed by atoms with Gasteiger partial charge in [0, 0.05) is 25.2 Å². The second kappa shape index (κ2) is 11.3. The lowest BCUT2D eigenvalue weighted by molar-refractivity contribution is 0.218. The first-order chi connectivity index (χ1) is 6.77. The fourth-order valence-electron chi connectivity index (χ4n) is 1.03. The topological polar surface area (TPSA) is 24.5 Å². The Morgan fingerprint density at radius 2 is 2.00 bits per heavy atom. The molecule has 0 amide bonds. The van der Waals surface area contributed by atoms with Gasteiger partial charge in [0.2, 0.25) is 0 Å². The van der Waals surface area contributed by atoms with Crippen LogP contribution in [0.1, 0.15) is 6.42 Å². The zero-order chi connectivity index (χ0) is 10.6. The van der Waals surface area contributed by atoms with Crippen LogP contribution in [0.25, 0.3) is 0 Å². The van der Waals surface area contributed by atoms with E-state index in [1.807, 2.05) is 11.8 Å². The van der Waals surface area contributed by atoms with Crippen LogP contribution >= 0.6 is 11.8 Å². The number of methoxy groups -OCH3 is 1. The molecule has 1 N–H and O–H groups in total. The van der Waals surface area contributed by atoms with Crippen LogP contribution in [0.5, 0.6) is 0 Å². The third kappa shape index (κ3) is 12.2. The summed E-state index contributed by atoms with van der Waals surface area (Å²) in [6.45, 7) is 4.28. The molecule has 0 saturated heterocycles. The maximum absolute atomic E-state index is 4.97. The number of ether oxygens (including phenoxy) is 1. The molecule has 4 heteroatoms. The fourth-order valence-corrected chi connectivity index (χ4v) is 1.81. The quantitative estimate of drug-likeness (QED) is 0.553. The van der Waals surface area contributed by atoms with E-state index in [1.54, 1.807) is 7.11 Å². The Hall–Kier alpha value is 0.230. The van der Waals surface area contributed by atoms with Gasteiger partial charge < -0.3 is 15.0 Å². The Morgan fingerprint density at radius 1 is 1.21 bits per heavy atom. The molecule has 0 unspecified atom stereocenters. The highest BCUT2D eigenvalue weighted by atomic mass is 32.2. The molecule has 0 aromatic carbocycles. The first-order valence-corrected chi connectivity index (χ1v) is 6.35. The molecule has 0 spiro atoms. The molecule has 0 rings (SSSR count). The minimum Gasteiger partial charge on any atom is -0.384 e. The molecule has 0 fully saturated rings. The molecule has 0 aromatic rings. The van der Waals surface area contributed by atoms with Gasteiger partial charge >= 0.3 is 0 Å². The second-order valence-electron chi connectivity index (χ2n) is 3.51. The molecule has 3 nitrogen and oxygen atoms in total. The molecule has 0 aliphatic heterocycles. The third-order valence-corrected chi connectivity index (χ3v) is 2.76. The number of nitrogens with one attached hydrogen (secondary N) is 1. The van der Waals surface area contributed by atoms with Crippen molar-refractivity contribution < 1.29 is 4.74 Å². The van der Waals surface area contributed by atoms with Crippen molar-refractivity contribution in [3.05, 3.63) is 0 Å². The largest absolute Gasteiger partial charge is 0.384 e. The Balaban J connectivity index is 2.85. The summed E-state index contributed by atoms with van der Waals surface area (Å²) in [5.41, 5.74) is 0. The molecule has 0 saturated carbocycles. The van der Waals surface area contributed by atoms with E-state index in [4.69, 9.17) is 4.74 Å². The summed E-state index contributed by atoms with van der Waals surface area (Å²) in [4.78, 5) is 2.22. The Labute approximate surface area is 92.6 Å². The number of hydrogen-bond acceptors (Lipinski definition) is 4. The average molecular weight is 220 g/mol. The van der Waals surface area contributed by atoms with Crippen molar-refractivity contribution in [3.8, 4) is 0 Å². The SMILES string of the molecule is COCCSCCNCCCN(C)C. The van der Waals surface area contributed by atoms with Gasteiger partial charge in [-0.25, -0.2) is 0 Å². The first kappa shape index (κ1) is 14.2. The summed E-state index contributed by atoms with van der Waals surface area (Å²) in [5, 5.41) is 3.43. The highest BCUT2D eigenvalue weighted by Gasteiger charge is 1.91. The Bertz CT molecular complexity index is 112. The van der Waals surface area contributed by atoms with Gasteiger partial charge in [-0.15, -0.1) is 0 Å². The van der Waals surface area contributed by atoms with E-state index in [0.717, 1.165) is 25.4 Å². The van der Waals surface area contributed by atoms with Gasteiger partial charge in [-0.2, -0.15) is 11.8 Å². The van der Waals surface area contributed by atoms with Crippen LogP contribution in [0.15, 0.2) is 0 Å². The minimum atomic E-state index is 0.866. The summed E-state index contributed by atoms with van der Waals surface area (Å²) in [7, 11) is 5.97. The Kier molecular flexibility index (Phi) is 11.5. The van der Waals surface area contributed by atoms with Crippen LogP contribution in [0, 0.1) is 0 Å². The summed E-state index contributed by atoms with van der Waals surface area (Å²) >= 11 is 1.94. The van der Waals surface area contributed by atoms with Crippen LogP contribution < -0.4 is 5.32 Å². The smallest absolute Gasteiger partial charge is 0.0552 e. The zero-order valence-corrected chi connectivity index (χ0v) is 10.5. The highest BCUT2D eigenvalue weighted by molar-refractivity contribution is 7.99. The number of hydrogen-bond donors (Lipinski definition) is 1. The van der Waals surface area contributed by atoms with Gasteiger partial charge in [0.05, 0.1) is 6.61 Å². The van der Waals surface area contributed by atoms with Crippen molar-refractivity contribution in [2.24, 2.45) is 0 Å². The third-order valence-electron chi connectivity index (χ3n) is 1.81.